The molecule has 0 aromatic heterocycles. The Morgan fingerprint density at radius 3 is 1.96 bits per heavy atom. The van der Waals surface area contributed by atoms with Crippen molar-refractivity contribution in [3.8, 4) is 0 Å². The van der Waals surface area contributed by atoms with Crippen LogP contribution in [0.15, 0.2) is 65.8 Å². The first-order chi connectivity index (χ1) is 13.6. The van der Waals surface area contributed by atoms with E-state index in [1.807, 2.05) is 0 Å². The van der Waals surface area contributed by atoms with E-state index >= 15 is 0 Å². The first-order valence-electron chi connectivity index (χ1n) is 8.42. The van der Waals surface area contributed by atoms with Crippen LogP contribution in [-0.4, -0.2) is 43.2 Å². The molecule has 0 radical (unpaired) electrons. The predicted octanol–water partition coefficient (Wildman–Crippen LogP) is 3.44. The van der Waals surface area contributed by atoms with E-state index in [1.165, 1.54) is 24.3 Å². The SMILES string of the molecule is [N-]=[N+]=NC1OC[C@@H](F)[C@H](OC(=O)c2ccccc2)[C@H]1OC(=O)c1ccccc1. The van der Waals surface area contributed by atoms with Gasteiger partial charge in [0.15, 0.2) is 24.6 Å². The van der Waals surface area contributed by atoms with Crippen LogP contribution in [0, 0.1) is 0 Å². The second-order valence-corrected chi connectivity index (χ2v) is 5.92. The van der Waals surface area contributed by atoms with Crippen LogP contribution in [0.5, 0.6) is 0 Å². The first-order valence-corrected chi connectivity index (χ1v) is 8.42. The van der Waals surface area contributed by atoms with E-state index in [9.17, 15) is 14.0 Å². The van der Waals surface area contributed by atoms with E-state index in [4.69, 9.17) is 19.7 Å². The molecule has 1 aliphatic rings. The molecule has 2 aromatic carbocycles. The van der Waals surface area contributed by atoms with Crippen molar-refractivity contribution in [2.24, 2.45) is 5.11 Å². The molecule has 1 saturated heterocycles. The fraction of sp³-hybridized carbons (Fsp3) is 0.263. The number of halogens is 1. The zero-order valence-corrected chi connectivity index (χ0v) is 14.6. The number of alkyl halides is 1. The van der Waals surface area contributed by atoms with Crippen LogP contribution in [0.1, 0.15) is 20.7 Å². The lowest BCUT2D eigenvalue weighted by Gasteiger charge is -2.36. The monoisotopic (exact) mass is 385 g/mol. The summed E-state index contributed by atoms with van der Waals surface area (Å²) in [4.78, 5) is 27.4. The second kappa shape index (κ2) is 8.98. The highest BCUT2D eigenvalue weighted by Crippen LogP contribution is 2.26. The molecule has 0 saturated carbocycles. The van der Waals surface area contributed by atoms with Gasteiger partial charge in [-0.3, -0.25) is 0 Å². The molecule has 4 atom stereocenters. The van der Waals surface area contributed by atoms with Gasteiger partial charge in [0.05, 0.1) is 17.7 Å². The maximum absolute atomic E-state index is 14.5. The van der Waals surface area contributed by atoms with E-state index in [1.54, 1.807) is 36.4 Å². The van der Waals surface area contributed by atoms with Crippen LogP contribution >= 0.6 is 0 Å². The largest absolute Gasteiger partial charge is 0.452 e. The summed E-state index contributed by atoms with van der Waals surface area (Å²) in [5.41, 5.74) is 9.14. The van der Waals surface area contributed by atoms with Gasteiger partial charge in [-0.1, -0.05) is 41.5 Å². The molecule has 1 unspecified atom stereocenters. The van der Waals surface area contributed by atoms with E-state index in [2.05, 4.69) is 10.0 Å². The molecule has 0 bridgehead atoms. The minimum Gasteiger partial charge on any atom is -0.452 e. The molecule has 9 heteroatoms. The normalized spacial score (nSPS) is 23.9. The molecule has 28 heavy (non-hydrogen) atoms. The van der Waals surface area contributed by atoms with Crippen molar-refractivity contribution in [2.45, 2.75) is 24.6 Å². The summed E-state index contributed by atoms with van der Waals surface area (Å²) in [7, 11) is 0. The number of azide groups is 1. The molecular formula is C19H16FN3O5. The Balaban J connectivity index is 1.84. The molecule has 0 spiro atoms. The highest BCUT2D eigenvalue weighted by molar-refractivity contribution is 5.90. The van der Waals surface area contributed by atoms with Gasteiger partial charge >= 0.3 is 11.9 Å². The Labute approximate surface area is 159 Å². The molecule has 8 nitrogen and oxygen atoms in total. The molecule has 1 fully saturated rings. The number of benzene rings is 2. The number of nitrogens with zero attached hydrogens (tertiary/aromatic N) is 3. The molecule has 3 rings (SSSR count). The summed E-state index contributed by atoms with van der Waals surface area (Å²) in [6.07, 6.45) is -6.05. The highest BCUT2D eigenvalue weighted by atomic mass is 19.1. The topological polar surface area (TPSA) is 111 Å². The van der Waals surface area contributed by atoms with Crippen molar-refractivity contribution < 1.29 is 28.2 Å². The van der Waals surface area contributed by atoms with Crippen molar-refractivity contribution >= 4 is 11.9 Å². The summed E-state index contributed by atoms with van der Waals surface area (Å²) >= 11 is 0. The predicted molar refractivity (Wildman–Crippen MR) is 95.1 cm³/mol. The third kappa shape index (κ3) is 4.46. The molecular weight excluding hydrogens is 369 g/mol. The van der Waals surface area contributed by atoms with Gasteiger partial charge in [0.2, 0.25) is 0 Å². The number of hydrogen-bond donors (Lipinski definition) is 0. The van der Waals surface area contributed by atoms with Crippen molar-refractivity contribution in [2.75, 3.05) is 6.61 Å². The van der Waals surface area contributed by atoms with Crippen LogP contribution < -0.4 is 0 Å². The minimum absolute atomic E-state index is 0.203. The van der Waals surface area contributed by atoms with E-state index in [0.717, 1.165) is 0 Å². The molecule has 1 heterocycles. The number of hydrogen-bond acceptors (Lipinski definition) is 6. The number of rotatable bonds is 5. The lowest BCUT2D eigenvalue weighted by Crippen LogP contribution is -2.54. The summed E-state index contributed by atoms with van der Waals surface area (Å²) in [6, 6.07) is 16.0. The quantitative estimate of drug-likeness (QED) is 0.339. The van der Waals surface area contributed by atoms with Gasteiger partial charge in [0.25, 0.3) is 0 Å². The Hall–Kier alpha value is -3.42. The molecule has 2 aromatic rings. The lowest BCUT2D eigenvalue weighted by molar-refractivity contribution is -0.169. The van der Waals surface area contributed by atoms with Gasteiger partial charge in [-0.25, -0.2) is 14.0 Å². The van der Waals surface area contributed by atoms with Gasteiger partial charge in [0.1, 0.15) is 0 Å². The average Bonchev–Trinajstić information content (AvgIpc) is 2.73. The van der Waals surface area contributed by atoms with Gasteiger partial charge in [-0.05, 0) is 29.8 Å². The minimum atomic E-state index is -1.77. The fourth-order valence-corrected chi connectivity index (χ4v) is 2.70. The number of carbonyl (C=O) groups excluding carboxylic acids is 2. The fourth-order valence-electron chi connectivity index (χ4n) is 2.70. The zero-order chi connectivity index (χ0) is 19.9. The number of ether oxygens (including phenoxy) is 3. The van der Waals surface area contributed by atoms with E-state index in [-0.39, 0.29) is 11.1 Å². The zero-order valence-electron chi connectivity index (χ0n) is 14.6. The van der Waals surface area contributed by atoms with Crippen LogP contribution in [0.4, 0.5) is 4.39 Å². The smallest absolute Gasteiger partial charge is 0.338 e. The standard InChI is InChI=1S/C19H16FN3O5/c20-14-11-26-17(22-23-21)16(28-19(25)13-9-5-2-6-10-13)15(14)27-18(24)12-7-3-1-4-8-12/h1-10,14-17H,11H2/t14-,15+,16-,17?/m1/s1. The Morgan fingerprint density at radius 1 is 0.964 bits per heavy atom. The lowest BCUT2D eigenvalue weighted by atomic mass is 10.0. The maximum Gasteiger partial charge on any atom is 0.338 e. The summed E-state index contributed by atoms with van der Waals surface area (Å²) in [6.45, 7) is -0.476. The third-order valence-electron chi connectivity index (χ3n) is 4.06. The van der Waals surface area contributed by atoms with Gasteiger partial charge in [-0.15, -0.1) is 0 Å². The van der Waals surface area contributed by atoms with E-state index in [0.29, 0.717) is 0 Å². The van der Waals surface area contributed by atoms with Crippen molar-refractivity contribution in [3.63, 3.8) is 0 Å². The first kappa shape index (κ1) is 19.3. The Bertz CT molecular complexity index is 874. The van der Waals surface area contributed by atoms with Gasteiger partial charge < -0.3 is 14.2 Å². The van der Waals surface area contributed by atoms with Crippen LogP contribution in [0.3, 0.4) is 0 Å². The summed E-state index contributed by atoms with van der Waals surface area (Å²) in [5, 5.41) is 3.40. The Morgan fingerprint density at radius 2 is 1.46 bits per heavy atom. The van der Waals surface area contributed by atoms with Gasteiger partial charge in [-0.2, -0.15) is 0 Å². The summed E-state index contributed by atoms with van der Waals surface area (Å²) in [5.74, 6) is -1.59. The van der Waals surface area contributed by atoms with E-state index < -0.39 is 43.2 Å². The number of esters is 2. The number of carbonyl (C=O) groups is 2. The second-order valence-electron chi connectivity index (χ2n) is 5.92. The van der Waals surface area contributed by atoms with Crippen molar-refractivity contribution in [1.29, 1.82) is 0 Å². The van der Waals surface area contributed by atoms with Crippen LogP contribution in [0.25, 0.3) is 10.4 Å². The van der Waals surface area contributed by atoms with Gasteiger partial charge in [0, 0.05) is 4.91 Å². The summed E-state index contributed by atoms with van der Waals surface area (Å²) < 4.78 is 30.2. The average molecular weight is 385 g/mol. The Kier molecular flexibility index (Phi) is 6.21. The van der Waals surface area contributed by atoms with Crippen molar-refractivity contribution in [1.82, 2.24) is 0 Å². The molecule has 0 aliphatic carbocycles. The van der Waals surface area contributed by atoms with Crippen molar-refractivity contribution in [3.05, 3.63) is 82.2 Å². The maximum atomic E-state index is 14.5. The molecule has 1 aliphatic heterocycles. The third-order valence-corrected chi connectivity index (χ3v) is 4.06. The molecule has 144 valence electrons. The van der Waals surface area contributed by atoms with Crippen LogP contribution in [0.2, 0.25) is 0 Å². The van der Waals surface area contributed by atoms with Crippen LogP contribution in [-0.2, 0) is 14.2 Å². The molecule has 0 amide bonds. The highest BCUT2D eigenvalue weighted by Gasteiger charge is 2.46. The molecule has 0 N–H and O–H groups in total.